The third-order valence-corrected chi connectivity index (χ3v) is 5.04. The van der Waals surface area contributed by atoms with E-state index in [1.165, 1.54) is 29.8 Å². The third-order valence-electron chi connectivity index (χ3n) is 2.14. The Hall–Kier alpha value is -0.830. The van der Waals surface area contributed by atoms with Crippen LogP contribution in [-0.4, -0.2) is 18.4 Å². The summed E-state index contributed by atoms with van der Waals surface area (Å²) in [7, 11) is -3.58. The number of sulfonamides is 1. The topological polar surface area (TPSA) is 72.0 Å². The molecule has 0 aliphatic carbocycles. The summed E-state index contributed by atoms with van der Waals surface area (Å²) < 4.78 is 27.4. The SMILES string of the molecule is CC(NS(=O)(=O)c1cncc(Br)c1)c1nccs1. The van der Waals surface area contributed by atoms with E-state index in [2.05, 4.69) is 30.6 Å². The van der Waals surface area contributed by atoms with Gasteiger partial charge in [-0.15, -0.1) is 11.3 Å². The standard InChI is InChI=1S/C10H10BrN3O2S2/c1-7(10-13-2-3-17-10)14-18(15,16)9-4-8(11)5-12-6-9/h2-7,14H,1H3. The molecule has 0 saturated carbocycles. The largest absolute Gasteiger partial charge is 0.262 e. The zero-order valence-corrected chi connectivity index (χ0v) is 12.6. The molecule has 1 N–H and O–H groups in total. The lowest BCUT2D eigenvalue weighted by atomic mass is 10.4. The molecule has 0 radical (unpaired) electrons. The fourth-order valence-corrected chi connectivity index (χ4v) is 3.77. The number of halogens is 1. The van der Waals surface area contributed by atoms with Crippen molar-refractivity contribution in [3.8, 4) is 0 Å². The summed E-state index contributed by atoms with van der Waals surface area (Å²) in [6, 6.07) is 1.14. The molecular formula is C10H10BrN3O2S2. The summed E-state index contributed by atoms with van der Waals surface area (Å²) >= 11 is 4.60. The van der Waals surface area contributed by atoms with E-state index < -0.39 is 10.0 Å². The van der Waals surface area contributed by atoms with Crippen LogP contribution in [0.2, 0.25) is 0 Å². The second-order valence-corrected chi connectivity index (χ2v) is 7.11. The maximum absolute atomic E-state index is 12.1. The van der Waals surface area contributed by atoms with Crippen LogP contribution >= 0.6 is 27.3 Å². The van der Waals surface area contributed by atoms with Crippen LogP contribution in [0.25, 0.3) is 0 Å². The number of rotatable bonds is 4. The Morgan fingerprint density at radius 1 is 1.44 bits per heavy atom. The molecule has 0 saturated heterocycles. The molecule has 1 unspecified atom stereocenters. The molecule has 2 heterocycles. The Bertz CT molecular complexity index is 628. The van der Waals surface area contributed by atoms with Gasteiger partial charge in [-0.25, -0.2) is 18.1 Å². The predicted molar refractivity (Wildman–Crippen MR) is 72.8 cm³/mol. The van der Waals surface area contributed by atoms with Crippen molar-refractivity contribution in [2.45, 2.75) is 17.9 Å². The molecule has 2 aromatic rings. The van der Waals surface area contributed by atoms with Crippen molar-refractivity contribution in [1.29, 1.82) is 0 Å². The van der Waals surface area contributed by atoms with Crippen molar-refractivity contribution in [3.63, 3.8) is 0 Å². The molecule has 8 heteroatoms. The number of hydrogen-bond acceptors (Lipinski definition) is 5. The third kappa shape index (κ3) is 3.14. The van der Waals surface area contributed by atoms with Gasteiger partial charge >= 0.3 is 0 Å². The lowest BCUT2D eigenvalue weighted by molar-refractivity contribution is 0.566. The quantitative estimate of drug-likeness (QED) is 0.921. The Morgan fingerprint density at radius 3 is 2.83 bits per heavy atom. The smallest absolute Gasteiger partial charge is 0.242 e. The zero-order valence-electron chi connectivity index (χ0n) is 9.37. The van der Waals surface area contributed by atoms with Gasteiger partial charge < -0.3 is 0 Å². The van der Waals surface area contributed by atoms with E-state index in [0.717, 1.165) is 5.01 Å². The Kier molecular flexibility index (Phi) is 4.10. The fourth-order valence-electron chi connectivity index (χ4n) is 1.34. The van der Waals surface area contributed by atoms with Crippen LogP contribution < -0.4 is 4.72 Å². The molecule has 1 atom stereocenters. The van der Waals surface area contributed by atoms with E-state index in [1.807, 2.05) is 0 Å². The Labute approximate surface area is 117 Å². The van der Waals surface area contributed by atoms with E-state index in [-0.39, 0.29) is 10.9 Å². The van der Waals surface area contributed by atoms with Crippen LogP contribution in [0.5, 0.6) is 0 Å². The number of nitrogens with one attached hydrogen (secondary N) is 1. The molecule has 0 spiro atoms. The van der Waals surface area contributed by atoms with Gasteiger partial charge in [-0.2, -0.15) is 0 Å². The first kappa shape index (κ1) is 13.6. The molecule has 0 fully saturated rings. The molecule has 18 heavy (non-hydrogen) atoms. The average Bonchev–Trinajstić information content (AvgIpc) is 2.82. The van der Waals surface area contributed by atoms with E-state index in [0.29, 0.717) is 4.47 Å². The number of pyridine rings is 1. The molecule has 0 aromatic carbocycles. The fraction of sp³-hybridized carbons (Fsp3) is 0.200. The van der Waals surface area contributed by atoms with Crippen molar-refractivity contribution in [3.05, 3.63) is 39.5 Å². The van der Waals surface area contributed by atoms with Crippen LogP contribution in [0.3, 0.4) is 0 Å². The van der Waals surface area contributed by atoms with Gasteiger partial charge in [0.15, 0.2) is 0 Å². The van der Waals surface area contributed by atoms with E-state index >= 15 is 0 Å². The summed E-state index contributed by atoms with van der Waals surface area (Å²) in [5, 5.41) is 2.53. The summed E-state index contributed by atoms with van der Waals surface area (Å²) in [6.07, 6.45) is 4.48. The van der Waals surface area contributed by atoms with Gasteiger partial charge in [0.1, 0.15) is 9.90 Å². The Morgan fingerprint density at radius 2 is 2.22 bits per heavy atom. The first-order valence-electron chi connectivity index (χ1n) is 5.01. The van der Waals surface area contributed by atoms with Gasteiger partial charge in [0.2, 0.25) is 10.0 Å². The molecule has 0 bridgehead atoms. The normalized spacial score (nSPS) is 13.4. The van der Waals surface area contributed by atoms with Gasteiger partial charge in [0.05, 0.1) is 6.04 Å². The molecule has 96 valence electrons. The lowest BCUT2D eigenvalue weighted by Crippen LogP contribution is -2.26. The first-order chi connectivity index (χ1) is 8.49. The number of nitrogens with zero attached hydrogens (tertiary/aromatic N) is 2. The van der Waals surface area contributed by atoms with E-state index in [4.69, 9.17) is 0 Å². The second kappa shape index (κ2) is 5.43. The minimum Gasteiger partial charge on any atom is -0.262 e. The van der Waals surface area contributed by atoms with Crippen LogP contribution in [0.4, 0.5) is 0 Å². The molecule has 0 aliphatic heterocycles. The van der Waals surface area contributed by atoms with Crippen molar-refractivity contribution < 1.29 is 8.42 Å². The molecule has 2 rings (SSSR count). The van der Waals surface area contributed by atoms with Crippen molar-refractivity contribution >= 4 is 37.3 Å². The zero-order chi connectivity index (χ0) is 13.2. The maximum Gasteiger partial charge on any atom is 0.242 e. The summed E-state index contributed by atoms with van der Waals surface area (Å²) in [5.41, 5.74) is 0. The van der Waals surface area contributed by atoms with Crippen LogP contribution in [-0.2, 0) is 10.0 Å². The van der Waals surface area contributed by atoms with Crippen LogP contribution in [0.15, 0.2) is 39.4 Å². The minimum absolute atomic E-state index is 0.125. The summed E-state index contributed by atoms with van der Waals surface area (Å²) in [4.78, 5) is 8.04. The number of hydrogen-bond donors (Lipinski definition) is 1. The van der Waals surface area contributed by atoms with Gasteiger partial charge in [0.25, 0.3) is 0 Å². The van der Waals surface area contributed by atoms with Gasteiger partial charge in [-0.3, -0.25) is 4.98 Å². The van der Waals surface area contributed by atoms with Gasteiger partial charge in [-0.05, 0) is 28.9 Å². The summed E-state index contributed by atoms with van der Waals surface area (Å²) in [5.74, 6) is 0. The maximum atomic E-state index is 12.1. The van der Waals surface area contributed by atoms with Crippen LogP contribution in [0.1, 0.15) is 18.0 Å². The highest BCUT2D eigenvalue weighted by molar-refractivity contribution is 9.10. The monoisotopic (exact) mass is 347 g/mol. The molecule has 0 aliphatic rings. The second-order valence-electron chi connectivity index (χ2n) is 3.55. The van der Waals surface area contributed by atoms with Crippen molar-refractivity contribution in [2.24, 2.45) is 0 Å². The average molecular weight is 348 g/mol. The first-order valence-corrected chi connectivity index (χ1v) is 8.17. The highest BCUT2D eigenvalue weighted by Crippen LogP contribution is 2.19. The summed E-state index contributed by atoms with van der Waals surface area (Å²) in [6.45, 7) is 1.75. The van der Waals surface area contributed by atoms with Gasteiger partial charge in [0, 0.05) is 28.4 Å². The Balaban J connectivity index is 2.22. The van der Waals surface area contributed by atoms with Crippen LogP contribution in [0, 0.1) is 0 Å². The molecule has 2 aromatic heterocycles. The van der Waals surface area contributed by atoms with Crippen molar-refractivity contribution in [2.75, 3.05) is 0 Å². The van der Waals surface area contributed by atoms with E-state index in [1.54, 1.807) is 18.5 Å². The highest BCUT2D eigenvalue weighted by Gasteiger charge is 2.20. The van der Waals surface area contributed by atoms with E-state index in [9.17, 15) is 8.42 Å². The molecular weight excluding hydrogens is 338 g/mol. The van der Waals surface area contributed by atoms with Crippen molar-refractivity contribution in [1.82, 2.24) is 14.7 Å². The molecule has 5 nitrogen and oxygen atoms in total. The minimum atomic E-state index is -3.58. The molecule has 0 amide bonds. The highest BCUT2D eigenvalue weighted by atomic mass is 79.9. The number of aromatic nitrogens is 2. The predicted octanol–water partition coefficient (Wildman–Crippen LogP) is 2.34. The van der Waals surface area contributed by atoms with Gasteiger partial charge in [-0.1, -0.05) is 0 Å². The lowest BCUT2D eigenvalue weighted by Gasteiger charge is -2.11. The number of thiazole rings is 1.